The van der Waals surface area contributed by atoms with Crippen LogP contribution in [0.2, 0.25) is 0 Å². The number of nitrogens with one attached hydrogen (secondary N) is 1. The second-order valence-corrected chi connectivity index (χ2v) is 6.70. The molecule has 3 nitrogen and oxygen atoms in total. The summed E-state index contributed by atoms with van der Waals surface area (Å²) in [6, 6.07) is 8.74. The smallest absolute Gasteiger partial charge is 0.0278 e. The minimum atomic E-state index is 0.227. The van der Waals surface area contributed by atoms with Gasteiger partial charge < -0.3 is 10.2 Å². The fraction of sp³-hybridized carbons (Fsp3) is 0.647. The normalized spacial score (nSPS) is 18.4. The average molecular weight is 275 g/mol. The zero-order valence-corrected chi connectivity index (χ0v) is 13.4. The van der Waals surface area contributed by atoms with Crippen molar-refractivity contribution in [2.45, 2.75) is 32.9 Å². The molecule has 1 heterocycles. The number of nitrogens with zero attached hydrogens (tertiary/aromatic N) is 2. The van der Waals surface area contributed by atoms with E-state index in [1.807, 2.05) is 0 Å². The van der Waals surface area contributed by atoms with Crippen molar-refractivity contribution in [2.24, 2.45) is 0 Å². The van der Waals surface area contributed by atoms with Gasteiger partial charge in [0.2, 0.25) is 0 Å². The molecule has 0 saturated carbocycles. The van der Waals surface area contributed by atoms with E-state index in [2.05, 4.69) is 67.2 Å². The maximum Gasteiger partial charge on any atom is 0.0278 e. The number of rotatable bonds is 5. The van der Waals surface area contributed by atoms with Crippen LogP contribution < -0.4 is 5.32 Å². The summed E-state index contributed by atoms with van der Waals surface area (Å²) in [6.45, 7) is 13.6. The number of likely N-dealkylation sites (N-methyl/N-ethyl adjacent to an activating group) is 1. The molecule has 0 amide bonds. The molecule has 1 fully saturated rings. The van der Waals surface area contributed by atoms with Gasteiger partial charge in [-0.25, -0.2) is 0 Å². The van der Waals surface area contributed by atoms with E-state index >= 15 is 0 Å². The number of hydrogen-bond acceptors (Lipinski definition) is 3. The Kier molecular flexibility index (Phi) is 5.19. The van der Waals surface area contributed by atoms with Gasteiger partial charge in [0.05, 0.1) is 0 Å². The van der Waals surface area contributed by atoms with Crippen molar-refractivity contribution in [1.82, 2.24) is 15.1 Å². The second-order valence-electron chi connectivity index (χ2n) is 6.70. The van der Waals surface area contributed by atoms with E-state index in [4.69, 9.17) is 0 Å². The van der Waals surface area contributed by atoms with Crippen LogP contribution in [0.1, 0.15) is 25.0 Å². The lowest BCUT2D eigenvalue weighted by Gasteiger charge is -2.43. The largest absolute Gasteiger partial charge is 0.311 e. The minimum Gasteiger partial charge on any atom is -0.311 e. The van der Waals surface area contributed by atoms with Crippen LogP contribution in [0, 0.1) is 6.92 Å². The van der Waals surface area contributed by atoms with E-state index < -0.39 is 0 Å². The number of aryl methyl sites for hydroxylation is 1. The number of piperazine rings is 1. The second kappa shape index (κ2) is 6.70. The fourth-order valence-electron chi connectivity index (χ4n) is 2.86. The van der Waals surface area contributed by atoms with Crippen LogP contribution in [0.3, 0.4) is 0 Å². The third-order valence-corrected chi connectivity index (χ3v) is 4.33. The van der Waals surface area contributed by atoms with Crippen molar-refractivity contribution in [3.05, 3.63) is 35.4 Å². The van der Waals surface area contributed by atoms with Crippen LogP contribution >= 0.6 is 0 Å². The third-order valence-electron chi connectivity index (χ3n) is 4.33. The Labute approximate surface area is 124 Å². The van der Waals surface area contributed by atoms with E-state index in [1.165, 1.54) is 37.3 Å². The Morgan fingerprint density at radius 2 is 1.85 bits per heavy atom. The molecule has 0 aliphatic carbocycles. The van der Waals surface area contributed by atoms with Crippen LogP contribution in [-0.2, 0) is 6.54 Å². The molecule has 20 heavy (non-hydrogen) atoms. The molecule has 1 N–H and O–H groups in total. The Bertz CT molecular complexity index is 420. The summed E-state index contributed by atoms with van der Waals surface area (Å²) in [4.78, 5) is 5.02. The first-order valence-corrected chi connectivity index (χ1v) is 7.67. The van der Waals surface area contributed by atoms with E-state index in [0.717, 1.165) is 13.1 Å². The van der Waals surface area contributed by atoms with Gasteiger partial charge in [0.1, 0.15) is 0 Å². The molecule has 1 aliphatic rings. The van der Waals surface area contributed by atoms with Gasteiger partial charge in [0, 0.05) is 44.8 Å². The Morgan fingerprint density at radius 3 is 2.50 bits per heavy atom. The molecular formula is C17H29N3. The Morgan fingerprint density at radius 1 is 1.15 bits per heavy atom. The first kappa shape index (κ1) is 15.5. The molecule has 0 atom stereocenters. The average Bonchev–Trinajstić information content (AvgIpc) is 2.39. The predicted octanol–water partition coefficient (Wildman–Crippen LogP) is 2.11. The van der Waals surface area contributed by atoms with Crippen molar-refractivity contribution in [2.75, 3.05) is 39.8 Å². The predicted molar refractivity (Wildman–Crippen MR) is 86.0 cm³/mol. The quantitative estimate of drug-likeness (QED) is 0.888. The molecular weight excluding hydrogens is 246 g/mol. The lowest BCUT2D eigenvalue weighted by Crippen LogP contribution is -2.57. The lowest BCUT2D eigenvalue weighted by atomic mass is 10.0. The number of benzene rings is 1. The summed E-state index contributed by atoms with van der Waals surface area (Å²) < 4.78 is 0. The SMILES string of the molecule is Cc1cccc(CNCC(C)(C)N2CCN(C)CC2)c1. The summed E-state index contributed by atoms with van der Waals surface area (Å²) in [5.74, 6) is 0. The van der Waals surface area contributed by atoms with E-state index in [9.17, 15) is 0 Å². The van der Waals surface area contributed by atoms with Gasteiger partial charge in [0.25, 0.3) is 0 Å². The molecule has 0 radical (unpaired) electrons. The van der Waals surface area contributed by atoms with Gasteiger partial charge in [-0.05, 0) is 33.4 Å². The molecule has 112 valence electrons. The summed E-state index contributed by atoms with van der Waals surface area (Å²) >= 11 is 0. The van der Waals surface area contributed by atoms with Crippen LogP contribution in [0.25, 0.3) is 0 Å². The van der Waals surface area contributed by atoms with Gasteiger partial charge >= 0.3 is 0 Å². The highest BCUT2D eigenvalue weighted by atomic mass is 15.3. The monoisotopic (exact) mass is 275 g/mol. The molecule has 0 bridgehead atoms. The van der Waals surface area contributed by atoms with Crippen molar-refractivity contribution >= 4 is 0 Å². The molecule has 0 aromatic heterocycles. The lowest BCUT2D eigenvalue weighted by molar-refractivity contribution is 0.0618. The molecule has 0 unspecified atom stereocenters. The maximum absolute atomic E-state index is 3.62. The van der Waals surface area contributed by atoms with Crippen molar-refractivity contribution in [1.29, 1.82) is 0 Å². The van der Waals surface area contributed by atoms with Crippen molar-refractivity contribution in [3.63, 3.8) is 0 Å². The van der Waals surface area contributed by atoms with E-state index in [0.29, 0.717) is 0 Å². The number of hydrogen-bond donors (Lipinski definition) is 1. The summed E-state index contributed by atoms with van der Waals surface area (Å²) in [6.07, 6.45) is 0. The molecule has 1 aliphatic heterocycles. The van der Waals surface area contributed by atoms with Crippen molar-refractivity contribution < 1.29 is 0 Å². The van der Waals surface area contributed by atoms with Gasteiger partial charge in [0.15, 0.2) is 0 Å². The molecule has 1 saturated heterocycles. The highest BCUT2D eigenvalue weighted by Crippen LogP contribution is 2.16. The zero-order chi connectivity index (χ0) is 14.6. The summed E-state index contributed by atoms with van der Waals surface area (Å²) in [5.41, 5.74) is 2.94. The first-order chi connectivity index (χ1) is 9.47. The van der Waals surface area contributed by atoms with Crippen LogP contribution in [-0.4, -0.2) is 55.1 Å². The van der Waals surface area contributed by atoms with Gasteiger partial charge in [-0.2, -0.15) is 0 Å². The topological polar surface area (TPSA) is 18.5 Å². The fourth-order valence-corrected chi connectivity index (χ4v) is 2.86. The van der Waals surface area contributed by atoms with Gasteiger partial charge in [-0.15, -0.1) is 0 Å². The van der Waals surface area contributed by atoms with Crippen LogP contribution in [0.5, 0.6) is 0 Å². The first-order valence-electron chi connectivity index (χ1n) is 7.67. The minimum absolute atomic E-state index is 0.227. The molecule has 1 aromatic carbocycles. The van der Waals surface area contributed by atoms with Gasteiger partial charge in [-0.1, -0.05) is 29.8 Å². The van der Waals surface area contributed by atoms with Crippen LogP contribution in [0.15, 0.2) is 24.3 Å². The summed E-state index contributed by atoms with van der Waals surface area (Å²) in [5, 5.41) is 3.62. The molecule has 2 rings (SSSR count). The Balaban J connectivity index is 1.80. The standard InChI is InChI=1S/C17H29N3/c1-15-6-5-7-16(12-15)13-18-14-17(2,3)20-10-8-19(4)9-11-20/h5-7,12,18H,8-11,13-14H2,1-4H3. The van der Waals surface area contributed by atoms with Crippen molar-refractivity contribution in [3.8, 4) is 0 Å². The van der Waals surface area contributed by atoms with E-state index in [1.54, 1.807) is 0 Å². The highest BCUT2D eigenvalue weighted by molar-refractivity contribution is 5.21. The van der Waals surface area contributed by atoms with Crippen LogP contribution in [0.4, 0.5) is 0 Å². The molecule has 3 heteroatoms. The zero-order valence-electron chi connectivity index (χ0n) is 13.4. The molecule has 1 aromatic rings. The van der Waals surface area contributed by atoms with E-state index in [-0.39, 0.29) is 5.54 Å². The maximum atomic E-state index is 3.62. The molecule has 0 spiro atoms. The highest BCUT2D eigenvalue weighted by Gasteiger charge is 2.28. The van der Waals surface area contributed by atoms with Gasteiger partial charge in [-0.3, -0.25) is 4.90 Å². The third kappa shape index (κ3) is 4.30. The Hall–Kier alpha value is -0.900. The summed E-state index contributed by atoms with van der Waals surface area (Å²) in [7, 11) is 2.21.